The van der Waals surface area contributed by atoms with Crippen molar-refractivity contribution in [1.29, 1.82) is 0 Å². The molecular formula is C30H50N6O10. The lowest BCUT2D eigenvalue weighted by Crippen LogP contribution is -2.58. The SMILES string of the molecule is CCCCCCC(=O)NCCCC[C@H](NC(=O)[C@@H](N)CCC(C)C)C(=O)N[C@H](C(=O)O)C1OC(n2ccc(=O)[nH]c2=O)C(O)C1O. The Morgan fingerprint density at radius 1 is 0.978 bits per heavy atom. The summed E-state index contributed by atoms with van der Waals surface area (Å²) in [6.45, 7) is 6.39. The molecule has 0 aromatic carbocycles. The van der Waals surface area contributed by atoms with Gasteiger partial charge in [0.05, 0.1) is 6.04 Å². The molecule has 0 saturated carbocycles. The maximum absolute atomic E-state index is 13.4. The molecule has 4 unspecified atom stereocenters. The first-order valence-electron chi connectivity index (χ1n) is 16.0. The highest BCUT2D eigenvalue weighted by atomic mass is 16.6. The first-order chi connectivity index (χ1) is 21.8. The molecule has 2 heterocycles. The number of amides is 3. The van der Waals surface area contributed by atoms with E-state index < -0.39 is 71.7 Å². The van der Waals surface area contributed by atoms with Crippen molar-refractivity contribution < 1.29 is 39.2 Å². The zero-order valence-corrected chi connectivity index (χ0v) is 26.8. The molecule has 1 saturated heterocycles. The lowest BCUT2D eigenvalue weighted by atomic mass is 10.0. The second kappa shape index (κ2) is 19.2. The number of carboxylic acids is 1. The second-order valence-corrected chi connectivity index (χ2v) is 12.1. The summed E-state index contributed by atoms with van der Waals surface area (Å²) < 4.78 is 6.32. The third-order valence-electron chi connectivity index (χ3n) is 7.82. The molecule has 1 aromatic heterocycles. The standard InChI is InChI=1S/C30H50N6O10/c1-4-5-6-7-11-20(37)32-15-9-8-10-19(33-26(41)18(31)13-12-17(2)3)27(42)35-22(29(43)44)25-23(39)24(40)28(46-25)36-16-14-21(38)34-30(36)45/h14,16-19,22-25,28,39-40H,4-13,15,31H2,1-3H3,(H,32,37)(H,33,41)(H,35,42)(H,43,44)(H,34,38,45)/t18-,19-,22-,23?,24?,25?,28?/m0/s1. The number of aliphatic hydroxyl groups is 2. The first-order valence-corrected chi connectivity index (χ1v) is 16.0. The maximum atomic E-state index is 13.4. The van der Waals surface area contributed by atoms with Gasteiger partial charge in [-0.25, -0.2) is 9.59 Å². The van der Waals surface area contributed by atoms with Gasteiger partial charge in [0.2, 0.25) is 17.7 Å². The third kappa shape index (κ3) is 12.0. The van der Waals surface area contributed by atoms with E-state index in [1.807, 2.05) is 18.8 Å². The van der Waals surface area contributed by atoms with E-state index in [2.05, 4.69) is 22.9 Å². The average Bonchev–Trinajstić information content (AvgIpc) is 3.28. The van der Waals surface area contributed by atoms with Crippen molar-refractivity contribution in [3.05, 3.63) is 33.1 Å². The molecule has 0 bridgehead atoms. The Hall–Kier alpha value is -3.60. The number of unbranched alkanes of at least 4 members (excludes halogenated alkanes) is 4. The topological polar surface area (TPSA) is 255 Å². The number of carbonyl (C=O) groups is 4. The smallest absolute Gasteiger partial charge is 0.330 e. The summed E-state index contributed by atoms with van der Waals surface area (Å²) in [5.41, 5.74) is 4.35. The predicted octanol–water partition coefficient (Wildman–Crippen LogP) is -0.770. The molecule has 2 rings (SSSR count). The van der Waals surface area contributed by atoms with Crippen LogP contribution >= 0.6 is 0 Å². The largest absolute Gasteiger partial charge is 0.480 e. The normalized spacial score (nSPS) is 21.4. The highest BCUT2D eigenvalue weighted by Crippen LogP contribution is 2.30. The van der Waals surface area contributed by atoms with Crippen LogP contribution in [0.15, 0.2) is 21.9 Å². The number of aliphatic carboxylic acids is 1. The van der Waals surface area contributed by atoms with Crippen molar-refractivity contribution in [2.45, 2.75) is 128 Å². The number of aromatic nitrogens is 2. The highest BCUT2D eigenvalue weighted by molar-refractivity contribution is 5.92. The van der Waals surface area contributed by atoms with Crippen molar-refractivity contribution in [3.63, 3.8) is 0 Å². The number of aromatic amines is 1. The number of nitrogens with zero attached hydrogens (tertiary/aromatic N) is 1. The summed E-state index contributed by atoms with van der Waals surface area (Å²) in [5, 5.41) is 38.9. The Labute approximate surface area is 267 Å². The molecule has 16 nitrogen and oxygen atoms in total. The van der Waals surface area contributed by atoms with Gasteiger partial charge in [0, 0.05) is 25.2 Å². The summed E-state index contributed by atoms with van der Waals surface area (Å²) in [6.07, 6.45) is 0.406. The van der Waals surface area contributed by atoms with E-state index in [1.165, 1.54) is 0 Å². The number of nitrogens with one attached hydrogen (secondary N) is 4. The van der Waals surface area contributed by atoms with Crippen LogP contribution in [0, 0.1) is 5.92 Å². The van der Waals surface area contributed by atoms with E-state index in [-0.39, 0.29) is 12.3 Å². The van der Waals surface area contributed by atoms with Crippen molar-refractivity contribution >= 4 is 23.7 Å². The summed E-state index contributed by atoms with van der Waals surface area (Å²) in [7, 11) is 0. The van der Waals surface area contributed by atoms with Crippen molar-refractivity contribution in [1.82, 2.24) is 25.5 Å². The number of nitrogens with two attached hydrogens (primary N) is 1. The fraction of sp³-hybridized carbons (Fsp3) is 0.733. The van der Waals surface area contributed by atoms with Crippen LogP contribution in [0.1, 0.15) is 91.2 Å². The van der Waals surface area contributed by atoms with Crippen LogP contribution < -0.4 is 32.9 Å². The Morgan fingerprint density at radius 2 is 1.70 bits per heavy atom. The van der Waals surface area contributed by atoms with Crippen LogP contribution in [0.3, 0.4) is 0 Å². The van der Waals surface area contributed by atoms with Crippen LogP contribution in [0.2, 0.25) is 0 Å². The van der Waals surface area contributed by atoms with Gasteiger partial charge in [-0.15, -0.1) is 0 Å². The number of carbonyl (C=O) groups excluding carboxylic acids is 3. The third-order valence-corrected chi connectivity index (χ3v) is 7.82. The Morgan fingerprint density at radius 3 is 2.33 bits per heavy atom. The van der Waals surface area contributed by atoms with Gasteiger partial charge in [-0.2, -0.15) is 0 Å². The van der Waals surface area contributed by atoms with Crippen LogP contribution in [-0.2, 0) is 23.9 Å². The molecular weight excluding hydrogens is 604 g/mol. The number of hydrogen-bond donors (Lipinski definition) is 8. The summed E-state index contributed by atoms with van der Waals surface area (Å²) in [5.74, 6) is -2.89. The highest BCUT2D eigenvalue weighted by Gasteiger charge is 2.50. The monoisotopic (exact) mass is 654 g/mol. The van der Waals surface area contributed by atoms with Gasteiger partial charge >= 0.3 is 11.7 Å². The molecule has 3 amide bonds. The van der Waals surface area contributed by atoms with Crippen molar-refractivity contribution in [3.8, 4) is 0 Å². The van der Waals surface area contributed by atoms with Gasteiger partial charge in [0.15, 0.2) is 12.3 Å². The van der Waals surface area contributed by atoms with Crippen molar-refractivity contribution in [2.24, 2.45) is 11.7 Å². The number of aliphatic hydroxyl groups excluding tert-OH is 2. The summed E-state index contributed by atoms with van der Waals surface area (Å²) in [4.78, 5) is 76.2. The molecule has 0 spiro atoms. The second-order valence-electron chi connectivity index (χ2n) is 12.1. The minimum absolute atomic E-state index is 0.0705. The summed E-state index contributed by atoms with van der Waals surface area (Å²) in [6, 6.07) is -3.05. The van der Waals surface area contributed by atoms with Gasteiger partial charge in [-0.1, -0.05) is 40.0 Å². The molecule has 16 heteroatoms. The molecule has 1 aromatic rings. The van der Waals surface area contributed by atoms with Gasteiger partial charge in [-0.05, 0) is 44.4 Å². The van der Waals surface area contributed by atoms with E-state index in [9.17, 15) is 44.1 Å². The van der Waals surface area contributed by atoms with E-state index in [0.29, 0.717) is 44.6 Å². The van der Waals surface area contributed by atoms with Gasteiger partial charge < -0.3 is 41.7 Å². The minimum Gasteiger partial charge on any atom is -0.480 e. The number of rotatable bonds is 20. The fourth-order valence-electron chi connectivity index (χ4n) is 5.05. The fourth-order valence-corrected chi connectivity index (χ4v) is 5.05. The molecule has 7 atom stereocenters. The van der Waals surface area contributed by atoms with Gasteiger partial charge in [0.1, 0.15) is 24.4 Å². The summed E-state index contributed by atoms with van der Waals surface area (Å²) >= 11 is 0. The van der Waals surface area contributed by atoms with Crippen LogP contribution in [-0.4, -0.2) is 91.5 Å². The maximum Gasteiger partial charge on any atom is 0.330 e. The lowest BCUT2D eigenvalue weighted by molar-refractivity contribution is -0.149. The molecule has 0 radical (unpaired) electrons. The molecule has 0 aliphatic carbocycles. The van der Waals surface area contributed by atoms with Crippen LogP contribution in [0.5, 0.6) is 0 Å². The Bertz CT molecular complexity index is 1270. The van der Waals surface area contributed by atoms with E-state index in [4.69, 9.17) is 10.5 Å². The minimum atomic E-state index is -1.90. The zero-order valence-electron chi connectivity index (χ0n) is 26.8. The van der Waals surface area contributed by atoms with Gasteiger partial charge in [0.25, 0.3) is 5.56 Å². The number of ether oxygens (including phenoxy) is 1. The zero-order chi connectivity index (χ0) is 34.4. The molecule has 9 N–H and O–H groups in total. The lowest BCUT2D eigenvalue weighted by Gasteiger charge is -2.26. The number of H-pyrrole nitrogens is 1. The Kier molecular flexibility index (Phi) is 16.1. The van der Waals surface area contributed by atoms with E-state index in [1.54, 1.807) is 0 Å². The first kappa shape index (κ1) is 38.6. The van der Waals surface area contributed by atoms with Crippen molar-refractivity contribution in [2.75, 3.05) is 6.54 Å². The Balaban J connectivity index is 2.11. The number of hydrogen-bond acceptors (Lipinski definition) is 10. The van der Waals surface area contributed by atoms with Crippen LogP contribution in [0.4, 0.5) is 0 Å². The van der Waals surface area contributed by atoms with E-state index >= 15 is 0 Å². The molecule has 1 aliphatic rings. The van der Waals surface area contributed by atoms with Crippen LogP contribution in [0.25, 0.3) is 0 Å². The average molecular weight is 655 g/mol. The molecule has 46 heavy (non-hydrogen) atoms. The molecule has 1 aliphatic heterocycles. The van der Waals surface area contributed by atoms with E-state index in [0.717, 1.165) is 42.5 Å². The predicted molar refractivity (Wildman–Crippen MR) is 166 cm³/mol. The number of carboxylic acid groups (broad SMARTS) is 1. The molecule has 260 valence electrons. The quantitative estimate of drug-likeness (QED) is 0.0810. The van der Waals surface area contributed by atoms with Gasteiger partial charge in [-0.3, -0.25) is 28.7 Å². The molecule has 1 fully saturated rings.